The van der Waals surface area contributed by atoms with Crippen molar-refractivity contribution in [3.8, 4) is 0 Å². The standard InChI is InChI=1S/C15H14FNO2/c1-19-15(18)14(11-5-3-2-4-6-11)17-13-9-7-12(16)8-10-13/h2-10,14,17H,1H3. The Morgan fingerprint density at radius 2 is 1.74 bits per heavy atom. The third-order valence-corrected chi connectivity index (χ3v) is 2.73. The number of hydrogen-bond donors (Lipinski definition) is 1. The number of rotatable bonds is 4. The summed E-state index contributed by atoms with van der Waals surface area (Å²) in [7, 11) is 1.34. The zero-order chi connectivity index (χ0) is 13.7. The van der Waals surface area contributed by atoms with Gasteiger partial charge in [0, 0.05) is 5.69 Å². The van der Waals surface area contributed by atoms with Gasteiger partial charge in [-0.1, -0.05) is 30.3 Å². The van der Waals surface area contributed by atoms with Gasteiger partial charge >= 0.3 is 5.97 Å². The van der Waals surface area contributed by atoms with Crippen LogP contribution in [0.25, 0.3) is 0 Å². The van der Waals surface area contributed by atoms with Crippen molar-refractivity contribution >= 4 is 11.7 Å². The third-order valence-electron chi connectivity index (χ3n) is 2.73. The molecule has 1 unspecified atom stereocenters. The first-order valence-electron chi connectivity index (χ1n) is 5.85. The monoisotopic (exact) mass is 259 g/mol. The average molecular weight is 259 g/mol. The molecule has 0 aliphatic rings. The highest BCUT2D eigenvalue weighted by atomic mass is 19.1. The lowest BCUT2D eigenvalue weighted by Crippen LogP contribution is -2.22. The topological polar surface area (TPSA) is 38.3 Å². The molecule has 0 bridgehead atoms. The molecule has 0 saturated carbocycles. The zero-order valence-corrected chi connectivity index (χ0v) is 10.5. The second kappa shape index (κ2) is 6.00. The second-order valence-electron chi connectivity index (χ2n) is 4.02. The molecule has 0 saturated heterocycles. The highest BCUT2D eigenvalue weighted by molar-refractivity contribution is 5.81. The van der Waals surface area contributed by atoms with E-state index < -0.39 is 12.0 Å². The molecule has 0 aliphatic carbocycles. The predicted molar refractivity (Wildman–Crippen MR) is 71.2 cm³/mol. The van der Waals surface area contributed by atoms with Crippen LogP contribution in [0.4, 0.5) is 10.1 Å². The molecule has 2 rings (SSSR count). The lowest BCUT2D eigenvalue weighted by molar-refractivity contribution is -0.141. The summed E-state index contributed by atoms with van der Waals surface area (Å²) < 4.78 is 17.6. The fourth-order valence-corrected chi connectivity index (χ4v) is 1.75. The van der Waals surface area contributed by atoms with Crippen LogP contribution < -0.4 is 5.32 Å². The van der Waals surface area contributed by atoms with Crippen molar-refractivity contribution in [2.45, 2.75) is 6.04 Å². The number of hydrogen-bond acceptors (Lipinski definition) is 3. The molecule has 0 heterocycles. The average Bonchev–Trinajstić information content (AvgIpc) is 2.47. The van der Waals surface area contributed by atoms with Crippen molar-refractivity contribution in [3.63, 3.8) is 0 Å². The maximum absolute atomic E-state index is 12.9. The van der Waals surface area contributed by atoms with E-state index in [0.717, 1.165) is 5.56 Å². The largest absolute Gasteiger partial charge is 0.467 e. The fraction of sp³-hybridized carbons (Fsp3) is 0.133. The second-order valence-corrected chi connectivity index (χ2v) is 4.02. The smallest absolute Gasteiger partial charge is 0.332 e. The highest BCUT2D eigenvalue weighted by Crippen LogP contribution is 2.21. The van der Waals surface area contributed by atoms with Gasteiger partial charge in [0.05, 0.1) is 7.11 Å². The number of esters is 1. The van der Waals surface area contributed by atoms with Crippen LogP contribution in [0.15, 0.2) is 54.6 Å². The van der Waals surface area contributed by atoms with E-state index in [4.69, 9.17) is 4.74 Å². The van der Waals surface area contributed by atoms with Crippen LogP contribution in [0.2, 0.25) is 0 Å². The van der Waals surface area contributed by atoms with Crippen molar-refractivity contribution in [1.29, 1.82) is 0 Å². The SMILES string of the molecule is COC(=O)C(Nc1ccc(F)cc1)c1ccccc1. The molecule has 0 aliphatic heterocycles. The van der Waals surface area contributed by atoms with Crippen molar-refractivity contribution in [3.05, 3.63) is 66.0 Å². The molecule has 2 aromatic rings. The minimum atomic E-state index is -0.614. The minimum absolute atomic E-state index is 0.320. The molecule has 19 heavy (non-hydrogen) atoms. The molecule has 1 N–H and O–H groups in total. The maximum atomic E-state index is 12.9. The quantitative estimate of drug-likeness (QED) is 0.857. The van der Waals surface area contributed by atoms with E-state index in [2.05, 4.69) is 5.32 Å². The Balaban J connectivity index is 2.24. The van der Waals surface area contributed by atoms with E-state index in [1.807, 2.05) is 30.3 Å². The van der Waals surface area contributed by atoms with Crippen LogP contribution in [-0.4, -0.2) is 13.1 Å². The summed E-state index contributed by atoms with van der Waals surface area (Å²) in [5, 5.41) is 3.03. The lowest BCUT2D eigenvalue weighted by atomic mass is 10.1. The first-order chi connectivity index (χ1) is 9.20. The maximum Gasteiger partial charge on any atom is 0.332 e. The van der Waals surface area contributed by atoms with Gasteiger partial charge in [0.1, 0.15) is 5.82 Å². The number of benzene rings is 2. The van der Waals surface area contributed by atoms with Gasteiger partial charge in [-0.05, 0) is 29.8 Å². The molecule has 0 radical (unpaired) electrons. The first-order valence-corrected chi connectivity index (χ1v) is 5.85. The third kappa shape index (κ3) is 3.31. The van der Waals surface area contributed by atoms with Crippen molar-refractivity contribution in [2.24, 2.45) is 0 Å². The van der Waals surface area contributed by atoms with Gasteiger partial charge in [-0.3, -0.25) is 0 Å². The Hall–Kier alpha value is -2.36. The van der Waals surface area contributed by atoms with Gasteiger partial charge in [0.25, 0.3) is 0 Å². The number of anilines is 1. The van der Waals surface area contributed by atoms with Gasteiger partial charge in [-0.25, -0.2) is 9.18 Å². The number of carbonyl (C=O) groups excluding carboxylic acids is 1. The van der Waals surface area contributed by atoms with E-state index >= 15 is 0 Å². The van der Waals surface area contributed by atoms with Crippen molar-refractivity contribution in [2.75, 3.05) is 12.4 Å². The fourth-order valence-electron chi connectivity index (χ4n) is 1.75. The van der Waals surface area contributed by atoms with Crippen molar-refractivity contribution in [1.82, 2.24) is 0 Å². The molecule has 0 fully saturated rings. The van der Waals surface area contributed by atoms with Crippen LogP contribution in [0, 0.1) is 5.82 Å². The molecular formula is C15H14FNO2. The lowest BCUT2D eigenvalue weighted by Gasteiger charge is -2.18. The summed E-state index contributed by atoms with van der Waals surface area (Å²) >= 11 is 0. The molecule has 3 nitrogen and oxygen atoms in total. The van der Waals surface area contributed by atoms with Crippen LogP contribution >= 0.6 is 0 Å². The molecule has 0 amide bonds. The van der Waals surface area contributed by atoms with Crippen LogP contribution in [0.5, 0.6) is 0 Å². The van der Waals surface area contributed by atoms with Crippen LogP contribution in [0.3, 0.4) is 0 Å². The van der Waals surface area contributed by atoms with Crippen LogP contribution in [0.1, 0.15) is 11.6 Å². The number of ether oxygens (including phenoxy) is 1. The molecule has 1 atom stereocenters. The van der Waals surface area contributed by atoms with E-state index in [-0.39, 0.29) is 5.82 Å². The summed E-state index contributed by atoms with van der Waals surface area (Å²) in [5.41, 5.74) is 1.44. The molecule has 98 valence electrons. The first kappa shape index (κ1) is 13.1. The van der Waals surface area contributed by atoms with Crippen molar-refractivity contribution < 1.29 is 13.9 Å². The summed E-state index contributed by atoms with van der Waals surface area (Å²) in [5.74, 6) is -0.713. The Labute approximate surface area is 111 Å². The number of carbonyl (C=O) groups is 1. The Morgan fingerprint density at radius 1 is 1.11 bits per heavy atom. The number of halogens is 1. The van der Waals surface area contributed by atoms with Gasteiger partial charge in [-0.15, -0.1) is 0 Å². The Bertz CT molecular complexity index is 540. The molecule has 4 heteroatoms. The van der Waals surface area contributed by atoms with E-state index in [9.17, 15) is 9.18 Å². The van der Waals surface area contributed by atoms with E-state index in [1.165, 1.54) is 19.2 Å². The zero-order valence-electron chi connectivity index (χ0n) is 10.5. The van der Waals surface area contributed by atoms with Gasteiger partial charge in [0.2, 0.25) is 0 Å². The van der Waals surface area contributed by atoms with E-state index in [1.54, 1.807) is 12.1 Å². The van der Waals surface area contributed by atoms with Gasteiger partial charge in [-0.2, -0.15) is 0 Å². The summed E-state index contributed by atoms with van der Waals surface area (Å²) in [6.07, 6.45) is 0. The Morgan fingerprint density at radius 3 is 2.32 bits per heavy atom. The Kier molecular flexibility index (Phi) is 4.13. The summed E-state index contributed by atoms with van der Waals surface area (Å²) in [6.45, 7) is 0. The molecule has 2 aromatic carbocycles. The van der Waals surface area contributed by atoms with E-state index in [0.29, 0.717) is 5.69 Å². The molecule has 0 spiro atoms. The molecular weight excluding hydrogens is 245 g/mol. The molecule has 0 aromatic heterocycles. The predicted octanol–water partition coefficient (Wildman–Crippen LogP) is 3.15. The number of nitrogens with one attached hydrogen (secondary N) is 1. The highest BCUT2D eigenvalue weighted by Gasteiger charge is 2.20. The van der Waals surface area contributed by atoms with Gasteiger partial charge < -0.3 is 10.1 Å². The van der Waals surface area contributed by atoms with Crippen LogP contribution in [-0.2, 0) is 9.53 Å². The summed E-state index contributed by atoms with van der Waals surface area (Å²) in [4.78, 5) is 11.8. The van der Waals surface area contributed by atoms with Gasteiger partial charge in [0.15, 0.2) is 6.04 Å². The number of methoxy groups -OCH3 is 1. The summed E-state index contributed by atoms with van der Waals surface area (Å²) in [6, 6.07) is 14.4. The minimum Gasteiger partial charge on any atom is -0.467 e. The normalized spacial score (nSPS) is 11.7.